The van der Waals surface area contributed by atoms with Crippen molar-refractivity contribution < 1.29 is 9.90 Å². The standard InChI is InChI=1S/C15H22O2/c1-3-7-12(2)10-14(15(16)17)11-13-8-5-4-6-9-13/h4-6,8-9,12,14H,3,7,10-11H2,1-2H3,(H,16,17). The van der Waals surface area contributed by atoms with Gasteiger partial charge in [0.25, 0.3) is 0 Å². The summed E-state index contributed by atoms with van der Waals surface area (Å²) in [7, 11) is 0. The van der Waals surface area contributed by atoms with Crippen LogP contribution in [0.25, 0.3) is 0 Å². The Hall–Kier alpha value is -1.31. The van der Waals surface area contributed by atoms with E-state index < -0.39 is 5.97 Å². The third-order valence-corrected chi connectivity index (χ3v) is 3.14. The molecule has 0 saturated heterocycles. The average Bonchev–Trinajstić information content (AvgIpc) is 2.29. The van der Waals surface area contributed by atoms with E-state index in [9.17, 15) is 9.90 Å². The van der Waals surface area contributed by atoms with E-state index in [4.69, 9.17) is 0 Å². The van der Waals surface area contributed by atoms with Crippen molar-refractivity contribution in [3.05, 3.63) is 35.9 Å². The van der Waals surface area contributed by atoms with Gasteiger partial charge in [-0.3, -0.25) is 4.79 Å². The third kappa shape index (κ3) is 5.03. The first-order valence-corrected chi connectivity index (χ1v) is 6.40. The molecule has 0 aliphatic rings. The Kier molecular flexibility index (Phi) is 5.75. The number of carboxylic acids is 1. The highest BCUT2D eigenvalue weighted by Gasteiger charge is 2.20. The second-order valence-corrected chi connectivity index (χ2v) is 4.85. The molecule has 1 rings (SSSR count). The lowest BCUT2D eigenvalue weighted by molar-refractivity contribution is -0.142. The minimum Gasteiger partial charge on any atom is -0.481 e. The predicted molar refractivity (Wildman–Crippen MR) is 70.0 cm³/mol. The van der Waals surface area contributed by atoms with E-state index in [2.05, 4.69) is 13.8 Å². The molecule has 0 heterocycles. The topological polar surface area (TPSA) is 37.3 Å². The second-order valence-electron chi connectivity index (χ2n) is 4.85. The molecule has 94 valence electrons. The van der Waals surface area contributed by atoms with Gasteiger partial charge < -0.3 is 5.11 Å². The van der Waals surface area contributed by atoms with Crippen LogP contribution in [-0.2, 0) is 11.2 Å². The van der Waals surface area contributed by atoms with E-state index in [1.54, 1.807) is 0 Å². The van der Waals surface area contributed by atoms with Crippen molar-refractivity contribution in [2.75, 3.05) is 0 Å². The maximum absolute atomic E-state index is 11.2. The van der Waals surface area contributed by atoms with Gasteiger partial charge >= 0.3 is 5.97 Å². The van der Waals surface area contributed by atoms with Crippen LogP contribution in [0.4, 0.5) is 0 Å². The fourth-order valence-electron chi connectivity index (χ4n) is 2.27. The predicted octanol–water partition coefficient (Wildman–Crippen LogP) is 3.76. The zero-order valence-corrected chi connectivity index (χ0v) is 10.7. The molecule has 0 spiro atoms. The Balaban J connectivity index is 2.58. The third-order valence-electron chi connectivity index (χ3n) is 3.14. The number of hydrogen-bond donors (Lipinski definition) is 1. The molecule has 2 nitrogen and oxygen atoms in total. The van der Waals surface area contributed by atoms with Crippen molar-refractivity contribution in [1.82, 2.24) is 0 Å². The van der Waals surface area contributed by atoms with Crippen LogP contribution in [0.15, 0.2) is 30.3 Å². The highest BCUT2D eigenvalue weighted by Crippen LogP contribution is 2.20. The highest BCUT2D eigenvalue weighted by molar-refractivity contribution is 5.70. The molecule has 2 atom stereocenters. The number of carboxylic acid groups (broad SMARTS) is 1. The van der Waals surface area contributed by atoms with E-state index in [1.165, 1.54) is 0 Å². The molecule has 0 fully saturated rings. The van der Waals surface area contributed by atoms with Gasteiger partial charge in [-0.2, -0.15) is 0 Å². The van der Waals surface area contributed by atoms with Crippen molar-refractivity contribution in [2.24, 2.45) is 11.8 Å². The summed E-state index contributed by atoms with van der Waals surface area (Å²) in [5.74, 6) is -0.430. The quantitative estimate of drug-likeness (QED) is 0.780. The van der Waals surface area contributed by atoms with Crippen LogP contribution >= 0.6 is 0 Å². The molecule has 0 bridgehead atoms. The fourth-order valence-corrected chi connectivity index (χ4v) is 2.27. The number of hydrogen-bond acceptors (Lipinski definition) is 1. The van der Waals surface area contributed by atoms with Crippen molar-refractivity contribution >= 4 is 5.97 Å². The molecule has 1 N–H and O–H groups in total. The summed E-state index contributed by atoms with van der Waals surface area (Å²) in [5, 5.41) is 9.25. The normalized spacial score (nSPS) is 14.2. The summed E-state index contributed by atoms with van der Waals surface area (Å²) >= 11 is 0. The first-order valence-electron chi connectivity index (χ1n) is 6.40. The summed E-state index contributed by atoms with van der Waals surface area (Å²) in [4.78, 5) is 11.2. The fraction of sp³-hybridized carbons (Fsp3) is 0.533. The first-order chi connectivity index (χ1) is 8.13. The van der Waals surface area contributed by atoms with Crippen LogP contribution in [0.5, 0.6) is 0 Å². The average molecular weight is 234 g/mol. The lowest BCUT2D eigenvalue weighted by atomic mass is 9.88. The SMILES string of the molecule is CCCC(C)CC(Cc1ccccc1)C(=O)O. The molecule has 1 aromatic carbocycles. The first kappa shape index (κ1) is 13.8. The molecular weight excluding hydrogens is 212 g/mol. The molecule has 0 radical (unpaired) electrons. The number of benzene rings is 1. The van der Waals surface area contributed by atoms with Gasteiger partial charge in [0.2, 0.25) is 0 Å². The number of aliphatic carboxylic acids is 1. The van der Waals surface area contributed by atoms with Crippen LogP contribution in [0.1, 0.15) is 38.7 Å². The minimum atomic E-state index is -0.670. The summed E-state index contributed by atoms with van der Waals surface area (Å²) in [6, 6.07) is 9.88. The van der Waals surface area contributed by atoms with E-state index in [0.29, 0.717) is 12.3 Å². The summed E-state index contributed by atoms with van der Waals surface area (Å²) < 4.78 is 0. The molecule has 0 amide bonds. The van der Waals surface area contributed by atoms with Gasteiger partial charge in [-0.25, -0.2) is 0 Å². The Morgan fingerprint density at radius 3 is 2.47 bits per heavy atom. The van der Waals surface area contributed by atoms with Crippen LogP contribution < -0.4 is 0 Å². The molecular formula is C15H22O2. The monoisotopic (exact) mass is 234 g/mol. The van der Waals surface area contributed by atoms with Crippen molar-refractivity contribution in [2.45, 2.75) is 39.5 Å². The second kappa shape index (κ2) is 7.10. The summed E-state index contributed by atoms with van der Waals surface area (Å²) in [6.45, 7) is 4.29. The van der Waals surface area contributed by atoms with Crippen LogP contribution in [-0.4, -0.2) is 11.1 Å². The zero-order chi connectivity index (χ0) is 12.7. The van der Waals surface area contributed by atoms with Gasteiger partial charge in [-0.15, -0.1) is 0 Å². The Morgan fingerprint density at radius 2 is 1.94 bits per heavy atom. The van der Waals surface area contributed by atoms with Gasteiger partial charge in [0.15, 0.2) is 0 Å². The highest BCUT2D eigenvalue weighted by atomic mass is 16.4. The van der Waals surface area contributed by atoms with E-state index >= 15 is 0 Å². The maximum atomic E-state index is 11.2. The Bertz CT molecular complexity index is 332. The zero-order valence-electron chi connectivity index (χ0n) is 10.7. The van der Waals surface area contributed by atoms with Crippen LogP contribution in [0.3, 0.4) is 0 Å². The van der Waals surface area contributed by atoms with Gasteiger partial charge in [0.05, 0.1) is 5.92 Å². The van der Waals surface area contributed by atoms with E-state index in [0.717, 1.165) is 24.8 Å². The van der Waals surface area contributed by atoms with Crippen LogP contribution in [0.2, 0.25) is 0 Å². The van der Waals surface area contributed by atoms with Crippen molar-refractivity contribution in [3.63, 3.8) is 0 Å². The summed E-state index contributed by atoms with van der Waals surface area (Å²) in [6.07, 6.45) is 3.65. The summed E-state index contributed by atoms with van der Waals surface area (Å²) in [5.41, 5.74) is 1.11. The lowest BCUT2D eigenvalue weighted by Crippen LogP contribution is -2.19. The minimum absolute atomic E-state index is 0.251. The lowest BCUT2D eigenvalue weighted by Gasteiger charge is -2.17. The molecule has 2 unspecified atom stereocenters. The molecule has 1 aromatic rings. The number of carbonyl (C=O) groups is 1. The van der Waals surface area contributed by atoms with Gasteiger partial charge in [-0.1, -0.05) is 57.0 Å². The maximum Gasteiger partial charge on any atom is 0.306 e. The van der Waals surface area contributed by atoms with Gasteiger partial charge in [0, 0.05) is 0 Å². The molecule has 2 heteroatoms. The van der Waals surface area contributed by atoms with Crippen molar-refractivity contribution in [3.8, 4) is 0 Å². The molecule has 17 heavy (non-hydrogen) atoms. The largest absolute Gasteiger partial charge is 0.481 e. The van der Waals surface area contributed by atoms with Gasteiger partial charge in [0.1, 0.15) is 0 Å². The van der Waals surface area contributed by atoms with Crippen LogP contribution in [0, 0.1) is 11.8 Å². The molecule has 0 aliphatic heterocycles. The van der Waals surface area contributed by atoms with Gasteiger partial charge in [-0.05, 0) is 24.3 Å². The molecule has 0 aliphatic carbocycles. The number of rotatable bonds is 7. The smallest absolute Gasteiger partial charge is 0.306 e. The molecule has 0 aromatic heterocycles. The Morgan fingerprint density at radius 1 is 1.29 bits per heavy atom. The van der Waals surface area contributed by atoms with E-state index in [-0.39, 0.29) is 5.92 Å². The van der Waals surface area contributed by atoms with E-state index in [1.807, 2.05) is 30.3 Å². The van der Waals surface area contributed by atoms with Crippen molar-refractivity contribution in [1.29, 1.82) is 0 Å². The Labute approximate surface area is 104 Å². The molecule has 0 saturated carbocycles.